The molecule has 0 aliphatic carbocycles. The Morgan fingerprint density at radius 2 is 1.95 bits per heavy atom. The zero-order valence-corrected chi connectivity index (χ0v) is 13.0. The fraction of sp³-hybridized carbons (Fsp3) is 0.125. The van der Waals surface area contributed by atoms with E-state index in [0.29, 0.717) is 10.6 Å². The first kappa shape index (κ1) is 14.5. The van der Waals surface area contributed by atoms with Crippen LogP contribution in [-0.2, 0) is 0 Å². The monoisotopic (exact) mass is 318 g/mol. The van der Waals surface area contributed by atoms with Gasteiger partial charge in [0.1, 0.15) is 11.8 Å². The first-order valence-electron chi connectivity index (χ1n) is 6.51. The largest absolute Gasteiger partial charge is 0.457 e. The van der Waals surface area contributed by atoms with Crippen LogP contribution in [0.2, 0.25) is 5.02 Å². The number of hydrazine groups is 1. The van der Waals surface area contributed by atoms with Crippen molar-refractivity contribution < 1.29 is 4.42 Å². The molecule has 0 spiro atoms. The molecule has 0 saturated heterocycles. The lowest BCUT2D eigenvalue weighted by Gasteiger charge is -2.14. The topological polar surface area (TPSA) is 51.2 Å². The average molecular weight is 319 g/mol. The van der Waals surface area contributed by atoms with Gasteiger partial charge in [-0.1, -0.05) is 35.9 Å². The van der Waals surface area contributed by atoms with Gasteiger partial charge in [0.05, 0.1) is 5.02 Å². The Bertz CT molecular complexity index is 755. The number of hydrogen-bond acceptors (Lipinski definition) is 4. The van der Waals surface area contributed by atoms with Crippen LogP contribution < -0.4 is 11.3 Å². The summed E-state index contributed by atoms with van der Waals surface area (Å²) >= 11 is 7.86. The number of hydrogen-bond donors (Lipinski definition) is 2. The predicted octanol–water partition coefficient (Wildman–Crippen LogP) is 4.36. The Labute approximate surface area is 132 Å². The lowest BCUT2D eigenvalue weighted by Crippen LogP contribution is -2.28. The molecule has 0 fully saturated rings. The molecular formula is C16H15ClN2OS. The van der Waals surface area contributed by atoms with E-state index in [4.69, 9.17) is 21.9 Å². The maximum Gasteiger partial charge on any atom is 0.152 e. The lowest BCUT2D eigenvalue weighted by atomic mass is 10.1. The van der Waals surface area contributed by atoms with E-state index in [9.17, 15) is 0 Å². The molecule has 5 heteroatoms. The molecule has 3 N–H and O–H groups in total. The Balaban J connectivity index is 2.02. The Morgan fingerprint density at radius 3 is 2.57 bits per heavy atom. The van der Waals surface area contributed by atoms with E-state index < -0.39 is 0 Å². The second-order valence-corrected chi connectivity index (χ2v) is 5.97. The molecule has 108 valence electrons. The van der Waals surface area contributed by atoms with Gasteiger partial charge in [0.2, 0.25) is 0 Å². The zero-order chi connectivity index (χ0) is 14.8. The van der Waals surface area contributed by atoms with Crippen molar-refractivity contribution in [1.29, 1.82) is 0 Å². The first-order chi connectivity index (χ1) is 10.2. The highest BCUT2D eigenvalue weighted by molar-refractivity contribution is 7.98. The van der Waals surface area contributed by atoms with E-state index in [1.807, 2.05) is 36.4 Å². The molecule has 21 heavy (non-hydrogen) atoms. The number of furan rings is 1. The van der Waals surface area contributed by atoms with Crippen LogP contribution in [0.3, 0.4) is 0 Å². The number of halogens is 1. The van der Waals surface area contributed by atoms with Crippen LogP contribution in [0.5, 0.6) is 0 Å². The van der Waals surface area contributed by atoms with Gasteiger partial charge in [0.25, 0.3) is 0 Å². The SMILES string of the molecule is CSc1ccc(C(NN)c2cc3cccc(Cl)c3o2)cc1. The molecule has 3 aromatic rings. The third-order valence-corrected chi connectivity index (χ3v) is 4.46. The maximum atomic E-state index is 6.16. The van der Waals surface area contributed by atoms with Crippen molar-refractivity contribution in [3.63, 3.8) is 0 Å². The summed E-state index contributed by atoms with van der Waals surface area (Å²) in [5, 5.41) is 1.57. The summed E-state index contributed by atoms with van der Waals surface area (Å²) in [6, 6.07) is 15.7. The Morgan fingerprint density at radius 1 is 1.19 bits per heavy atom. The summed E-state index contributed by atoms with van der Waals surface area (Å²) in [4.78, 5) is 1.21. The molecule has 0 aliphatic heterocycles. The highest BCUT2D eigenvalue weighted by atomic mass is 35.5. The lowest BCUT2D eigenvalue weighted by molar-refractivity contribution is 0.477. The van der Waals surface area contributed by atoms with E-state index >= 15 is 0 Å². The molecule has 1 heterocycles. The number of para-hydroxylation sites is 1. The van der Waals surface area contributed by atoms with Gasteiger partial charge in [-0.15, -0.1) is 11.8 Å². The second kappa shape index (κ2) is 6.12. The van der Waals surface area contributed by atoms with Crippen molar-refractivity contribution in [1.82, 2.24) is 5.43 Å². The second-order valence-electron chi connectivity index (χ2n) is 4.68. The Hall–Kier alpha value is -1.46. The Kier molecular flexibility index (Phi) is 4.22. The third-order valence-electron chi connectivity index (χ3n) is 3.42. The minimum absolute atomic E-state index is 0.204. The molecule has 3 nitrogen and oxygen atoms in total. The molecule has 1 unspecified atom stereocenters. The van der Waals surface area contributed by atoms with Crippen molar-refractivity contribution >= 4 is 34.3 Å². The number of nitrogens with one attached hydrogen (secondary N) is 1. The van der Waals surface area contributed by atoms with E-state index in [0.717, 1.165) is 16.7 Å². The number of nitrogens with two attached hydrogens (primary N) is 1. The minimum atomic E-state index is -0.204. The van der Waals surface area contributed by atoms with Crippen molar-refractivity contribution in [2.45, 2.75) is 10.9 Å². The van der Waals surface area contributed by atoms with Crippen molar-refractivity contribution in [2.24, 2.45) is 5.84 Å². The molecule has 1 aromatic heterocycles. The van der Waals surface area contributed by atoms with Crippen LogP contribution in [-0.4, -0.2) is 6.26 Å². The summed E-state index contributed by atoms with van der Waals surface area (Å²) in [5.74, 6) is 6.47. The van der Waals surface area contributed by atoms with Gasteiger partial charge in [-0.2, -0.15) is 0 Å². The standard InChI is InChI=1S/C16H15ClN2OS/c1-21-12-7-5-10(6-8-12)15(19-18)14-9-11-3-2-4-13(17)16(11)20-14/h2-9,15,19H,18H2,1H3. The summed E-state index contributed by atoms with van der Waals surface area (Å²) in [5.41, 5.74) is 4.55. The van der Waals surface area contributed by atoms with Crippen molar-refractivity contribution in [3.05, 3.63) is 64.9 Å². The summed E-state index contributed by atoms with van der Waals surface area (Å²) in [6.45, 7) is 0. The molecule has 0 radical (unpaired) electrons. The van der Waals surface area contributed by atoms with Gasteiger partial charge < -0.3 is 4.42 Å². The van der Waals surface area contributed by atoms with Gasteiger partial charge in [0, 0.05) is 10.3 Å². The van der Waals surface area contributed by atoms with Gasteiger partial charge in [-0.25, -0.2) is 5.43 Å². The third kappa shape index (κ3) is 2.80. The van der Waals surface area contributed by atoms with E-state index in [-0.39, 0.29) is 6.04 Å². The van der Waals surface area contributed by atoms with Gasteiger partial charge in [0.15, 0.2) is 5.58 Å². The molecule has 0 amide bonds. The zero-order valence-electron chi connectivity index (χ0n) is 11.5. The molecular weight excluding hydrogens is 304 g/mol. The van der Waals surface area contributed by atoms with Crippen LogP contribution >= 0.6 is 23.4 Å². The fourth-order valence-corrected chi connectivity index (χ4v) is 2.96. The quantitative estimate of drug-likeness (QED) is 0.426. The smallest absolute Gasteiger partial charge is 0.152 e. The first-order valence-corrected chi connectivity index (χ1v) is 8.11. The highest BCUT2D eigenvalue weighted by Crippen LogP contribution is 2.32. The average Bonchev–Trinajstić information content (AvgIpc) is 2.94. The normalized spacial score (nSPS) is 12.7. The summed E-state index contributed by atoms with van der Waals surface area (Å²) < 4.78 is 5.88. The van der Waals surface area contributed by atoms with Crippen molar-refractivity contribution in [3.8, 4) is 0 Å². The van der Waals surface area contributed by atoms with Crippen LogP contribution in [0.25, 0.3) is 11.0 Å². The van der Waals surface area contributed by atoms with Gasteiger partial charge in [-0.05, 0) is 36.1 Å². The molecule has 3 rings (SSSR count). The molecule has 2 aromatic carbocycles. The summed E-state index contributed by atoms with van der Waals surface area (Å²) in [6.07, 6.45) is 2.05. The predicted molar refractivity (Wildman–Crippen MR) is 88.6 cm³/mol. The van der Waals surface area contributed by atoms with E-state index in [1.165, 1.54) is 4.90 Å². The molecule has 0 bridgehead atoms. The van der Waals surface area contributed by atoms with Crippen LogP contribution in [0, 0.1) is 0 Å². The maximum absolute atomic E-state index is 6.16. The molecule has 1 atom stereocenters. The number of benzene rings is 2. The van der Waals surface area contributed by atoms with Gasteiger partial charge >= 0.3 is 0 Å². The number of rotatable bonds is 4. The van der Waals surface area contributed by atoms with Crippen LogP contribution in [0.1, 0.15) is 17.4 Å². The van der Waals surface area contributed by atoms with Crippen molar-refractivity contribution in [2.75, 3.05) is 6.26 Å². The molecule has 0 aliphatic rings. The highest BCUT2D eigenvalue weighted by Gasteiger charge is 2.18. The molecule has 0 saturated carbocycles. The van der Waals surface area contributed by atoms with E-state index in [2.05, 4.69) is 23.8 Å². The van der Waals surface area contributed by atoms with Crippen LogP contribution in [0.15, 0.2) is 57.8 Å². The van der Waals surface area contributed by atoms with E-state index in [1.54, 1.807) is 11.8 Å². The fourth-order valence-electron chi connectivity index (χ4n) is 2.33. The minimum Gasteiger partial charge on any atom is -0.457 e. The van der Waals surface area contributed by atoms with Gasteiger partial charge in [-0.3, -0.25) is 5.84 Å². The summed E-state index contributed by atoms with van der Waals surface area (Å²) in [7, 11) is 0. The number of fused-ring (bicyclic) bond motifs is 1. The number of thioether (sulfide) groups is 1. The van der Waals surface area contributed by atoms with Crippen LogP contribution in [0.4, 0.5) is 0 Å².